The topological polar surface area (TPSA) is 59.3 Å². The first kappa shape index (κ1) is 14.0. The molecular weight excluding hydrogens is 308 g/mol. The number of carbonyl (C=O) groups is 1. The van der Waals surface area contributed by atoms with E-state index in [1.54, 1.807) is 29.3 Å². The van der Waals surface area contributed by atoms with Crippen LogP contribution in [-0.2, 0) is 0 Å². The molecule has 0 radical (unpaired) electrons. The summed E-state index contributed by atoms with van der Waals surface area (Å²) in [6, 6.07) is 0. The highest BCUT2D eigenvalue weighted by Gasteiger charge is 2.28. The molecule has 2 rings (SSSR count). The predicted molar refractivity (Wildman–Crippen MR) is 77.6 cm³/mol. The van der Waals surface area contributed by atoms with Gasteiger partial charge in [-0.2, -0.15) is 5.10 Å². The first-order valence-corrected chi connectivity index (χ1v) is 7.43. The van der Waals surface area contributed by atoms with Crippen LogP contribution in [0.1, 0.15) is 37.0 Å². The average Bonchev–Trinajstić information content (AvgIpc) is 2.89. The number of carbonyl (C=O) groups excluding carboxylic acids is 1. The van der Waals surface area contributed by atoms with Crippen LogP contribution in [0.3, 0.4) is 0 Å². The lowest BCUT2D eigenvalue weighted by atomic mass is 9.95. The number of aromatic nitrogens is 3. The average molecular weight is 325 g/mol. The molecule has 2 aromatic heterocycles. The summed E-state index contributed by atoms with van der Waals surface area (Å²) in [5, 5.41) is 7.99. The Morgan fingerprint density at radius 2 is 2.16 bits per heavy atom. The molecular formula is C13H17BrN4O. The van der Waals surface area contributed by atoms with Gasteiger partial charge in [0.2, 0.25) is 0 Å². The maximum atomic E-state index is 12.4. The van der Waals surface area contributed by atoms with Crippen LogP contribution in [0.2, 0.25) is 0 Å². The summed E-state index contributed by atoms with van der Waals surface area (Å²) in [6.45, 7) is 4.14. The molecule has 0 aliphatic heterocycles. The Bertz CT molecular complexity index is 569. The van der Waals surface area contributed by atoms with Crippen molar-refractivity contribution in [3.8, 4) is 0 Å². The third-order valence-corrected chi connectivity index (χ3v) is 4.63. The maximum Gasteiger partial charge on any atom is 0.255 e. The standard InChI is InChI=1S/C13H17BrN4O/c1-3-13(4-2,9-14)17-12(19)10-7-16-18-6-5-15-8-11(10)18/h5-8H,3-4,9H2,1-2H3,(H,17,19). The van der Waals surface area contributed by atoms with Gasteiger partial charge in [-0.3, -0.25) is 9.78 Å². The number of nitrogens with zero attached hydrogens (tertiary/aromatic N) is 3. The summed E-state index contributed by atoms with van der Waals surface area (Å²) in [7, 11) is 0. The van der Waals surface area contributed by atoms with Crippen LogP contribution in [0.5, 0.6) is 0 Å². The number of rotatable bonds is 5. The van der Waals surface area contributed by atoms with E-state index in [2.05, 4.69) is 45.2 Å². The van der Waals surface area contributed by atoms with E-state index in [1.165, 1.54) is 0 Å². The van der Waals surface area contributed by atoms with Crippen LogP contribution in [0.25, 0.3) is 5.52 Å². The van der Waals surface area contributed by atoms with Gasteiger partial charge in [-0.15, -0.1) is 0 Å². The Balaban J connectivity index is 2.29. The van der Waals surface area contributed by atoms with E-state index >= 15 is 0 Å². The molecule has 0 fully saturated rings. The molecule has 19 heavy (non-hydrogen) atoms. The largest absolute Gasteiger partial charge is 0.346 e. The summed E-state index contributed by atoms with van der Waals surface area (Å²) >= 11 is 3.49. The second-order valence-electron chi connectivity index (χ2n) is 4.54. The van der Waals surface area contributed by atoms with Gasteiger partial charge in [0.25, 0.3) is 5.91 Å². The third kappa shape index (κ3) is 2.63. The lowest BCUT2D eigenvalue weighted by Crippen LogP contribution is -2.49. The van der Waals surface area contributed by atoms with Gasteiger partial charge in [0.05, 0.1) is 23.5 Å². The molecule has 0 atom stereocenters. The number of alkyl halides is 1. The molecule has 0 aliphatic rings. The predicted octanol–water partition coefficient (Wildman–Crippen LogP) is 2.41. The molecule has 1 amide bonds. The molecule has 5 nitrogen and oxygen atoms in total. The van der Waals surface area contributed by atoms with Crippen LogP contribution in [0.4, 0.5) is 0 Å². The van der Waals surface area contributed by atoms with Crippen molar-refractivity contribution < 1.29 is 4.79 Å². The molecule has 0 bridgehead atoms. The van der Waals surface area contributed by atoms with Crippen molar-refractivity contribution in [2.75, 3.05) is 5.33 Å². The number of amides is 1. The van der Waals surface area contributed by atoms with E-state index in [0.29, 0.717) is 5.56 Å². The number of hydrogen-bond acceptors (Lipinski definition) is 3. The first-order chi connectivity index (χ1) is 9.15. The Hall–Kier alpha value is -1.43. The van der Waals surface area contributed by atoms with Gasteiger partial charge in [0.15, 0.2) is 0 Å². The zero-order chi connectivity index (χ0) is 13.9. The van der Waals surface area contributed by atoms with Crippen LogP contribution in [0.15, 0.2) is 24.8 Å². The maximum absolute atomic E-state index is 12.4. The molecule has 102 valence electrons. The summed E-state index contributed by atoms with van der Waals surface area (Å²) in [4.78, 5) is 16.4. The van der Waals surface area contributed by atoms with Gasteiger partial charge in [0, 0.05) is 23.3 Å². The quantitative estimate of drug-likeness (QED) is 0.859. The fourth-order valence-corrected chi connectivity index (χ4v) is 2.90. The molecule has 0 spiro atoms. The highest BCUT2D eigenvalue weighted by atomic mass is 79.9. The van der Waals surface area contributed by atoms with Crippen LogP contribution in [0, 0.1) is 0 Å². The molecule has 0 saturated carbocycles. The molecule has 0 aliphatic carbocycles. The highest BCUT2D eigenvalue weighted by Crippen LogP contribution is 2.19. The van der Waals surface area contributed by atoms with E-state index in [4.69, 9.17) is 0 Å². The van der Waals surface area contributed by atoms with Gasteiger partial charge in [-0.1, -0.05) is 29.8 Å². The van der Waals surface area contributed by atoms with E-state index in [-0.39, 0.29) is 11.4 Å². The summed E-state index contributed by atoms with van der Waals surface area (Å²) in [5.41, 5.74) is 1.06. The minimum absolute atomic E-state index is 0.105. The number of hydrogen-bond donors (Lipinski definition) is 1. The lowest BCUT2D eigenvalue weighted by Gasteiger charge is -2.30. The van der Waals surface area contributed by atoms with Gasteiger partial charge >= 0.3 is 0 Å². The van der Waals surface area contributed by atoms with E-state index in [9.17, 15) is 4.79 Å². The molecule has 6 heteroatoms. The third-order valence-electron chi connectivity index (χ3n) is 3.56. The van der Waals surface area contributed by atoms with Crippen LogP contribution < -0.4 is 5.32 Å². The van der Waals surface area contributed by atoms with E-state index < -0.39 is 0 Å². The molecule has 2 heterocycles. The van der Waals surface area contributed by atoms with Gasteiger partial charge in [-0.25, -0.2) is 4.52 Å². The summed E-state index contributed by atoms with van der Waals surface area (Å²) in [6.07, 6.45) is 8.34. The summed E-state index contributed by atoms with van der Waals surface area (Å²) < 4.78 is 1.65. The molecule has 0 unspecified atom stereocenters. The minimum Gasteiger partial charge on any atom is -0.346 e. The second kappa shape index (κ2) is 5.69. The Kier molecular flexibility index (Phi) is 4.19. The number of fused-ring (bicyclic) bond motifs is 1. The molecule has 0 saturated heterocycles. The van der Waals surface area contributed by atoms with Gasteiger partial charge in [-0.05, 0) is 12.8 Å². The molecule has 1 N–H and O–H groups in total. The van der Waals surface area contributed by atoms with Crippen molar-refractivity contribution in [1.29, 1.82) is 0 Å². The minimum atomic E-state index is -0.215. The lowest BCUT2D eigenvalue weighted by molar-refractivity contribution is 0.0905. The normalized spacial score (nSPS) is 11.7. The molecule has 2 aromatic rings. The smallest absolute Gasteiger partial charge is 0.255 e. The van der Waals surface area contributed by atoms with Crippen molar-refractivity contribution in [3.63, 3.8) is 0 Å². The van der Waals surface area contributed by atoms with Crippen LogP contribution >= 0.6 is 15.9 Å². The van der Waals surface area contributed by atoms with Crippen molar-refractivity contribution in [1.82, 2.24) is 19.9 Å². The second-order valence-corrected chi connectivity index (χ2v) is 5.10. The Morgan fingerprint density at radius 3 is 2.79 bits per heavy atom. The number of nitrogens with one attached hydrogen (secondary N) is 1. The van der Waals surface area contributed by atoms with Crippen molar-refractivity contribution in [2.24, 2.45) is 0 Å². The fourth-order valence-electron chi connectivity index (χ4n) is 1.97. The number of halogens is 1. The SMILES string of the molecule is CCC(CC)(CBr)NC(=O)c1cnn2ccncc12. The van der Waals surface area contributed by atoms with Gasteiger partial charge < -0.3 is 5.32 Å². The van der Waals surface area contributed by atoms with E-state index in [1.807, 2.05) is 0 Å². The highest BCUT2D eigenvalue weighted by molar-refractivity contribution is 9.09. The van der Waals surface area contributed by atoms with Crippen LogP contribution in [-0.4, -0.2) is 31.4 Å². The Morgan fingerprint density at radius 1 is 1.42 bits per heavy atom. The summed E-state index contributed by atoms with van der Waals surface area (Å²) in [5.74, 6) is -0.105. The monoisotopic (exact) mass is 324 g/mol. The first-order valence-electron chi connectivity index (χ1n) is 6.31. The van der Waals surface area contributed by atoms with Gasteiger partial charge in [0.1, 0.15) is 0 Å². The Labute approximate surface area is 120 Å². The zero-order valence-corrected chi connectivity index (χ0v) is 12.6. The fraction of sp³-hybridized carbons (Fsp3) is 0.462. The van der Waals surface area contributed by atoms with E-state index in [0.717, 1.165) is 23.7 Å². The van der Waals surface area contributed by atoms with Crippen molar-refractivity contribution >= 4 is 27.4 Å². The van der Waals surface area contributed by atoms with Crippen molar-refractivity contribution in [2.45, 2.75) is 32.2 Å². The van der Waals surface area contributed by atoms with Crippen molar-refractivity contribution in [3.05, 3.63) is 30.4 Å². The zero-order valence-electron chi connectivity index (χ0n) is 11.1. The molecule has 0 aromatic carbocycles.